The predicted molar refractivity (Wildman–Crippen MR) is 216 cm³/mol. The van der Waals surface area contributed by atoms with E-state index < -0.39 is 17.3 Å². The minimum atomic E-state index is -1.14. The van der Waals surface area contributed by atoms with Crippen LogP contribution in [0.3, 0.4) is 0 Å². The molecule has 2 fully saturated rings. The summed E-state index contributed by atoms with van der Waals surface area (Å²) in [6.07, 6.45) is 2.99. The third kappa shape index (κ3) is 10.4. The Morgan fingerprint density at radius 1 is 1.08 bits per heavy atom. The second kappa shape index (κ2) is 18.0. The molecular formula is C39H48Cl4N4O3S. The first-order valence-corrected chi connectivity index (χ1v) is 19.8. The van der Waals surface area contributed by atoms with E-state index in [0.29, 0.717) is 32.8 Å². The Morgan fingerprint density at radius 2 is 1.75 bits per heavy atom. The Kier molecular flexibility index (Phi) is 14.6. The number of hydrogen-bond donors (Lipinski definition) is 3. The van der Waals surface area contributed by atoms with Gasteiger partial charge < -0.3 is 10.4 Å². The van der Waals surface area contributed by atoms with Gasteiger partial charge in [0.1, 0.15) is 22.9 Å². The fourth-order valence-corrected chi connectivity index (χ4v) is 8.42. The Labute approximate surface area is 326 Å². The summed E-state index contributed by atoms with van der Waals surface area (Å²) in [5.74, 6) is 0.0127. The standard InChI is InChI=1S/C26H28Cl4N4O3S.C13H20/c1-3-20(35)25(36)32-18-6-4-5-7-21(18)38-23-24(31-19-10-13(2)8-9-15(19)28)33-34(26(23)37)22-16(29)11-14(27)12-17(22)30;1-6-13(4,5)12-9-10(2)7-8-11(12)3/h4-7,11-13,15,19-20,23,35H,3,8-10H2,1-2H3,(H,31,33)(H,32,36);7-9H,6H2,1-5H3. The molecule has 12 heteroatoms. The van der Waals surface area contributed by atoms with Gasteiger partial charge in [-0.1, -0.05) is 105 Å². The number of nitrogens with one attached hydrogen (secondary N) is 2. The normalized spacial score (nSPS) is 21.9. The predicted octanol–water partition coefficient (Wildman–Crippen LogP) is 10.6. The molecule has 2 aliphatic rings. The van der Waals surface area contributed by atoms with E-state index in [1.165, 1.54) is 52.0 Å². The number of alkyl halides is 1. The van der Waals surface area contributed by atoms with Crippen LogP contribution in [0.2, 0.25) is 15.1 Å². The average molecular weight is 795 g/mol. The molecule has 51 heavy (non-hydrogen) atoms. The van der Waals surface area contributed by atoms with Crippen molar-refractivity contribution in [2.24, 2.45) is 10.9 Å². The number of aryl methyl sites for hydroxylation is 2. The Balaban J connectivity index is 0.000000378. The quantitative estimate of drug-likeness (QED) is 0.188. The maximum Gasteiger partial charge on any atom is 0.267 e. The van der Waals surface area contributed by atoms with Gasteiger partial charge in [-0.2, -0.15) is 0 Å². The zero-order chi connectivity index (χ0) is 37.6. The Bertz CT molecular complexity index is 1730. The van der Waals surface area contributed by atoms with Crippen molar-refractivity contribution in [2.45, 2.75) is 114 Å². The van der Waals surface area contributed by atoms with E-state index in [2.05, 4.69) is 70.5 Å². The fourth-order valence-electron chi connectivity index (χ4n) is 6.06. The molecule has 3 aromatic rings. The molecule has 3 aromatic carbocycles. The van der Waals surface area contributed by atoms with Crippen molar-refractivity contribution in [2.75, 3.05) is 10.3 Å². The second-order valence-corrected chi connectivity index (χ2v) is 16.9. The van der Waals surface area contributed by atoms with Crippen LogP contribution in [0.15, 0.2) is 64.5 Å². The number of anilines is 2. The Morgan fingerprint density at radius 3 is 2.39 bits per heavy atom. The van der Waals surface area contributed by atoms with Crippen molar-refractivity contribution in [3.05, 3.63) is 86.4 Å². The molecule has 5 atom stereocenters. The third-order valence-corrected chi connectivity index (χ3v) is 12.1. The van der Waals surface area contributed by atoms with E-state index in [0.717, 1.165) is 19.3 Å². The zero-order valence-corrected chi connectivity index (χ0v) is 34.0. The lowest BCUT2D eigenvalue weighted by Crippen LogP contribution is -2.37. The van der Waals surface area contributed by atoms with Gasteiger partial charge in [0.2, 0.25) is 0 Å². The maximum absolute atomic E-state index is 13.8. The molecule has 5 unspecified atom stereocenters. The van der Waals surface area contributed by atoms with Crippen molar-refractivity contribution in [3.63, 3.8) is 0 Å². The number of halogens is 4. The van der Waals surface area contributed by atoms with Crippen molar-refractivity contribution in [1.29, 1.82) is 0 Å². The van der Waals surface area contributed by atoms with Gasteiger partial charge in [-0.05, 0) is 92.7 Å². The number of amides is 2. The molecule has 3 N–H and O–H groups in total. The lowest BCUT2D eigenvalue weighted by Gasteiger charge is -2.29. The first-order chi connectivity index (χ1) is 24.1. The van der Waals surface area contributed by atoms with Gasteiger partial charge in [-0.3, -0.25) is 20.0 Å². The second-order valence-electron chi connectivity index (χ2n) is 14.0. The lowest BCUT2D eigenvalue weighted by atomic mass is 9.79. The van der Waals surface area contributed by atoms with E-state index >= 15 is 0 Å². The highest BCUT2D eigenvalue weighted by Crippen LogP contribution is 2.41. The number of thioether (sulfide) groups is 1. The third-order valence-electron chi connectivity index (χ3n) is 9.51. The summed E-state index contributed by atoms with van der Waals surface area (Å²) < 4.78 is 0. The van der Waals surface area contributed by atoms with Crippen LogP contribution in [-0.4, -0.2) is 45.5 Å². The minimum Gasteiger partial charge on any atom is -0.383 e. The number of aliphatic hydroxyl groups excluding tert-OH is 1. The molecule has 276 valence electrons. The van der Waals surface area contributed by atoms with E-state index in [1.807, 2.05) is 0 Å². The van der Waals surface area contributed by atoms with Crippen molar-refractivity contribution in [3.8, 4) is 0 Å². The van der Waals surface area contributed by atoms with Gasteiger partial charge in [0, 0.05) is 9.92 Å². The number of aliphatic hydroxyl groups is 1. The highest BCUT2D eigenvalue weighted by molar-refractivity contribution is 8.01. The summed E-state index contributed by atoms with van der Waals surface area (Å²) in [7, 11) is 0. The van der Waals surface area contributed by atoms with E-state index in [9.17, 15) is 14.7 Å². The average Bonchev–Trinajstić information content (AvgIpc) is 3.37. The molecule has 5 rings (SSSR count). The highest BCUT2D eigenvalue weighted by atomic mass is 35.5. The number of nitrogens with zero attached hydrogens (tertiary/aromatic N) is 2. The summed E-state index contributed by atoms with van der Waals surface area (Å²) in [4.78, 5) is 31.8. The van der Waals surface area contributed by atoms with Crippen LogP contribution in [-0.2, 0) is 15.0 Å². The van der Waals surface area contributed by atoms with Crippen LogP contribution in [0, 0.1) is 19.8 Å². The van der Waals surface area contributed by atoms with Crippen molar-refractivity contribution in [1.82, 2.24) is 5.43 Å². The number of amidine groups is 1. The molecule has 1 saturated heterocycles. The van der Waals surface area contributed by atoms with Gasteiger partial charge in [0.25, 0.3) is 11.8 Å². The van der Waals surface area contributed by atoms with Crippen molar-refractivity contribution >= 4 is 87.2 Å². The first kappa shape index (κ1) is 41.3. The van der Waals surface area contributed by atoms with Crippen molar-refractivity contribution < 1.29 is 14.7 Å². The molecule has 2 amide bonds. The largest absolute Gasteiger partial charge is 0.383 e. The zero-order valence-electron chi connectivity index (χ0n) is 30.2. The summed E-state index contributed by atoms with van der Waals surface area (Å²) in [6.45, 7) is 15.1. The van der Waals surface area contributed by atoms with E-state index in [4.69, 9.17) is 51.4 Å². The molecule has 0 radical (unpaired) electrons. The van der Waals surface area contributed by atoms with E-state index in [-0.39, 0.29) is 39.5 Å². The highest BCUT2D eigenvalue weighted by Gasteiger charge is 2.42. The minimum absolute atomic E-state index is 0.153. The monoisotopic (exact) mass is 792 g/mol. The number of carbonyl (C=O) groups excluding carboxylic acids is 2. The van der Waals surface area contributed by atoms with Crippen LogP contribution in [0.1, 0.15) is 83.4 Å². The molecular weight excluding hydrogens is 746 g/mol. The van der Waals surface area contributed by atoms with Gasteiger partial charge in [-0.25, -0.2) is 5.01 Å². The smallest absolute Gasteiger partial charge is 0.267 e. The van der Waals surface area contributed by atoms with Crippen LogP contribution >= 0.6 is 58.2 Å². The topological polar surface area (TPSA) is 94.0 Å². The summed E-state index contributed by atoms with van der Waals surface area (Å²) in [5, 5.41) is 13.8. The molecule has 7 nitrogen and oxygen atoms in total. The fraction of sp³-hybridized carbons (Fsp3) is 0.462. The number of benzene rings is 3. The molecule has 1 heterocycles. The van der Waals surface area contributed by atoms with Gasteiger partial charge in [-0.15, -0.1) is 23.4 Å². The van der Waals surface area contributed by atoms with Gasteiger partial charge >= 0.3 is 0 Å². The SMILES string of the molecule is CCC(C)(C)c1cc(C)ccc1C.CCC(O)C(=O)Nc1ccccc1SC1C(=O)N(c2c(Cl)cc(Cl)cc2Cl)NC1=NC1CC(C)CCC1Cl. The Hall–Kier alpha value is -2.46. The summed E-state index contributed by atoms with van der Waals surface area (Å²) >= 11 is 26.9. The first-order valence-electron chi connectivity index (χ1n) is 17.3. The molecule has 1 aliphatic carbocycles. The maximum atomic E-state index is 13.8. The van der Waals surface area contributed by atoms with Gasteiger partial charge in [0.05, 0.1) is 27.2 Å². The number of carbonyl (C=O) groups is 2. The molecule has 1 saturated carbocycles. The molecule has 0 spiro atoms. The van der Waals surface area contributed by atoms with Crippen LogP contribution in [0.5, 0.6) is 0 Å². The van der Waals surface area contributed by atoms with Crippen LogP contribution in [0.25, 0.3) is 0 Å². The summed E-state index contributed by atoms with van der Waals surface area (Å²) in [5.41, 5.74) is 8.45. The summed E-state index contributed by atoms with van der Waals surface area (Å²) in [6, 6.07) is 16.7. The van der Waals surface area contributed by atoms with Crippen LogP contribution in [0.4, 0.5) is 11.4 Å². The van der Waals surface area contributed by atoms with E-state index in [1.54, 1.807) is 31.2 Å². The molecule has 0 bridgehead atoms. The number of hydrazine groups is 1. The number of hydrogen-bond acceptors (Lipinski definition) is 5. The van der Waals surface area contributed by atoms with Crippen LogP contribution < -0.4 is 15.8 Å². The number of rotatable bonds is 9. The molecule has 1 aliphatic heterocycles. The lowest BCUT2D eigenvalue weighted by molar-refractivity contribution is -0.124. The van der Waals surface area contributed by atoms with Gasteiger partial charge in [0.15, 0.2) is 0 Å². The molecule has 0 aromatic heterocycles. The number of aliphatic imine (C=N–C) groups is 1. The number of para-hydroxylation sites is 1.